The molecular weight excluding hydrogens is 480 g/mol. The van der Waals surface area contributed by atoms with Gasteiger partial charge in [-0.2, -0.15) is 0 Å². The summed E-state index contributed by atoms with van der Waals surface area (Å²) in [5.74, 6) is 1.35. The van der Waals surface area contributed by atoms with Crippen LogP contribution in [0.25, 0.3) is 0 Å². The number of sulfonamides is 1. The first-order chi connectivity index (χ1) is 16.5. The lowest BCUT2D eigenvalue weighted by Gasteiger charge is -2.18. The minimum absolute atomic E-state index is 0.115. The van der Waals surface area contributed by atoms with E-state index in [1.807, 2.05) is 30.3 Å². The number of anilines is 1. The maximum Gasteiger partial charge on any atom is 0.412 e. The monoisotopic (exact) mass is 502 g/mol. The number of carbonyl (C=O) groups is 1. The molecule has 1 aromatic heterocycles. The minimum Gasteiger partial charge on any atom is -0.457 e. The predicted molar refractivity (Wildman–Crippen MR) is 125 cm³/mol. The second-order valence-electron chi connectivity index (χ2n) is 7.76. The lowest BCUT2D eigenvalue weighted by atomic mass is 10.1. The van der Waals surface area contributed by atoms with E-state index in [2.05, 4.69) is 10.0 Å². The molecule has 2 aliphatic heterocycles. The average molecular weight is 503 g/mol. The highest BCUT2D eigenvalue weighted by atomic mass is 32.2. The van der Waals surface area contributed by atoms with Gasteiger partial charge in [0.1, 0.15) is 27.9 Å². The van der Waals surface area contributed by atoms with Crippen molar-refractivity contribution in [3.05, 3.63) is 72.1 Å². The summed E-state index contributed by atoms with van der Waals surface area (Å²) in [5, 5.41) is 4.37. The van der Waals surface area contributed by atoms with Gasteiger partial charge in [-0.1, -0.05) is 24.3 Å². The Hall–Kier alpha value is -2.96. The summed E-state index contributed by atoms with van der Waals surface area (Å²) in [6, 6.07) is 18.9. The van der Waals surface area contributed by atoms with Crippen LogP contribution >= 0.6 is 11.3 Å². The number of ether oxygens (including phenoxy) is 4. The van der Waals surface area contributed by atoms with Crippen LogP contribution in [0.1, 0.15) is 0 Å². The van der Waals surface area contributed by atoms with E-state index in [4.69, 9.17) is 18.9 Å². The topological polar surface area (TPSA) is 112 Å². The van der Waals surface area contributed by atoms with Gasteiger partial charge < -0.3 is 18.9 Å². The van der Waals surface area contributed by atoms with Gasteiger partial charge in [-0.15, -0.1) is 11.3 Å². The maximum atomic E-state index is 12.5. The van der Waals surface area contributed by atoms with E-state index in [1.165, 1.54) is 6.07 Å². The molecular formula is C23H22N2O7S2. The number of fused-ring (bicyclic) bond motifs is 1. The molecule has 11 heteroatoms. The third-order valence-electron chi connectivity index (χ3n) is 5.41. The molecule has 9 nitrogen and oxygen atoms in total. The standard InChI is InChI=1S/C23H22N2O7S2/c26-23(24-15-8-10-17(11-9-15)31-16-5-2-1-3-6-16)32-19-14-30-21-18(13-29-22(19)21)25-34(27,28)20-7-4-12-33-20/h1-12,18-19,21-22,25H,13-14H2,(H,24,26)/t18-,19+,21+,22+/m0/s1. The van der Waals surface area contributed by atoms with Crippen molar-refractivity contribution >= 4 is 33.1 Å². The average Bonchev–Trinajstić information content (AvgIpc) is 3.57. The highest BCUT2D eigenvalue weighted by Gasteiger charge is 2.50. The number of thiophene rings is 1. The highest BCUT2D eigenvalue weighted by molar-refractivity contribution is 7.91. The van der Waals surface area contributed by atoms with E-state index in [0.717, 1.165) is 11.3 Å². The second-order valence-corrected chi connectivity index (χ2v) is 10.7. The summed E-state index contributed by atoms with van der Waals surface area (Å²) in [4.78, 5) is 12.4. The van der Waals surface area contributed by atoms with Crippen molar-refractivity contribution in [2.75, 3.05) is 18.5 Å². The van der Waals surface area contributed by atoms with Crippen LogP contribution in [0.15, 0.2) is 76.3 Å². The summed E-state index contributed by atoms with van der Waals surface area (Å²) in [6.45, 7) is 0.244. The highest BCUT2D eigenvalue weighted by Crippen LogP contribution is 2.30. The Bertz CT molecular complexity index is 1220. The molecule has 0 unspecified atom stereocenters. The molecule has 0 bridgehead atoms. The molecule has 0 radical (unpaired) electrons. The number of benzene rings is 2. The van der Waals surface area contributed by atoms with Gasteiger partial charge in [-0.3, -0.25) is 5.32 Å². The molecule has 2 saturated heterocycles. The summed E-state index contributed by atoms with van der Waals surface area (Å²) >= 11 is 1.13. The summed E-state index contributed by atoms with van der Waals surface area (Å²) < 4.78 is 50.5. The Morgan fingerprint density at radius 3 is 2.38 bits per heavy atom. The fourth-order valence-electron chi connectivity index (χ4n) is 3.86. The zero-order chi connectivity index (χ0) is 23.5. The van der Waals surface area contributed by atoms with Crippen molar-refractivity contribution < 1.29 is 32.2 Å². The lowest BCUT2D eigenvalue weighted by molar-refractivity contribution is 0.00883. The molecule has 2 aromatic carbocycles. The van der Waals surface area contributed by atoms with Gasteiger partial charge >= 0.3 is 6.09 Å². The third-order valence-corrected chi connectivity index (χ3v) is 8.30. The van der Waals surface area contributed by atoms with Crippen LogP contribution in [0, 0.1) is 0 Å². The molecule has 0 spiro atoms. The Balaban J connectivity index is 1.13. The smallest absolute Gasteiger partial charge is 0.412 e. The number of rotatable bonds is 7. The van der Waals surface area contributed by atoms with Crippen molar-refractivity contribution in [1.29, 1.82) is 0 Å². The SMILES string of the molecule is O=C(Nc1ccc(Oc2ccccc2)cc1)O[C@@H]1CO[C@H]2[C@@H]1OC[C@@H]2NS(=O)(=O)c1cccs1. The number of hydrogen-bond acceptors (Lipinski definition) is 8. The lowest BCUT2D eigenvalue weighted by Crippen LogP contribution is -2.44. The van der Waals surface area contributed by atoms with Crippen molar-refractivity contribution in [2.24, 2.45) is 0 Å². The molecule has 0 aliphatic carbocycles. The van der Waals surface area contributed by atoms with Crippen LogP contribution in [-0.2, 0) is 24.2 Å². The number of amides is 1. The van der Waals surface area contributed by atoms with Gasteiger partial charge in [0.25, 0.3) is 0 Å². The van der Waals surface area contributed by atoms with Gasteiger partial charge in [-0.25, -0.2) is 17.9 Å². The number of nitrogens with one attached hydrogen (secondary N) is 2. The van der Waals surface area contributed by atoms with E-state index >= 15 is 0 Å². The number of carbonyl (C=O) groups excluding carboxylic acids is 1. The first-order valence-corrected chi connectivity index (χ1v) is 12.9. The van der Waals surface area contributed by atoms with Gasteiger partial charge in [0.05, 0.1) is 19.3 Å². The Kier molecular flexibility index (Phi) is 6.53. The van der Waals surface area contributed by atoms with Gasteiger partial charge in [0.15, 0.2) is 6.10 Å². The Labute approximate surface area is 200 Å². The van der Waals surface area contributed by atoms with E-state index < -0.39 is 40.5 Å². The fourth-order valence-corrected chi connectivity index (χ4v) is 6.10. The van der Waals surface area contributed by atoms with E-state index in [9.17, 15) is 13.2 Å². The normalized spacial score (nSPS) is 23.9. The van der Waals surface area contributed by atoms with Crippen LogP contribution in [0.5, 0.6) is 11.5 Å². The van der Waals surface area contributed by atoms with Crippen LogP contribution in [-0.4, -0.2) is 52.1 Å². The van der Waals surface area contributed by atoms with Gasteiger partial charge in [0.2, 0.25) is 10.0 Å². The van der Waals surface area contributed by atoms with E-state index in [-0.39, 0.29) is 17.4 Å². The summed E-state index contributed by atoms with van der Waals surface area (Å²) in [5.41, 5.74) is 0.537. The van der Waals surface area contributed by atoms with Crippen LogP contribution < -0.4 is 14.8 Å². The molecule has 0 saturated carbocycles. The predicted octanol–water partition coefficient (Wildman–Crippen LogP) is 3.60. The molecule has 3 heterocycles. The number of hydrogen-bond donors (Lipinski definition) is 2. The number of para-hydroxylation sites is 1. The summed E-state index contributed by atoms with van der Waals surface area (Å²) in [7, 11) is -3.67. The molecule has 2 fully saturated rings. The van der Waals surface area contributed by atoms with E-state index in [0.29, 0.717) is 17.2 Å². The van der Waals surface area contributed by atoms with E-state index in [1.54, 1.807) is 35.7 Å². The van der Waals surface area contributed by atoms with Crippen molar-refractivity contribution in [2.45, 2.75) is 28.6 Å². The summed E-state index contributed by atoms with van der Waals surface area (Å²) in [6.07, 6.45) is -2.40. The molecule has 4 atom stereocenters. The maximum absolute atomic E-state index is 12.5. The van der Waals surface area contributed by atoms with Crippen molar-refractivity contribution in [3.63, 3.8) is 0 Å². The van der Waals surface area contributed by atoms with Crippen LogP contribution in [0.4, 0.5) is 10.5 Å². The molecule has 1 amide bonds. The van der Waals surface area contributed by atoms with Gasteiger partial charge in [0, 0.05) is 5.69 Å². The second kappa shape index (κ2) is 9.72. The molecule has 2 N–H and O–H groups in total. The Morgan fingerprint density at radius 2 is 1.65 bits per heavy atom. The Morgan fingerprint density at radius 1 is 0.912 bits per heavy atom. The fraction of sp³-hybridized carbons (Fsp3) is 0.261. The van der Waals surface area contributed by atoms with Crippen LogP contribution in [0.3, 0.4) is 0 Å². The zero-order valence-corrected chi connectivity index (χ0v) is 19.5. The van der Waals surface area contributed by atoms with Crippen LogP contribution in [0.2, 0.25) is 0 Å². The quantitative estimate of drug-likeness (QED) is 0.508. The van der Waals surface area contributed by atoms with Gasteiger partial charge in [-0.05, 0) is 47.8 Å². The van der Waals surface area contributed by atoms with Crippen molar-refractivity contribution in [3.8, 4) is 11.5 Å². The molecule has 5 rings (SSSR count). The third kappa shape index (κ3) is 5.08. The first kappa shape index (κ1) is 22.8. The zero-order valence-electron chi connectivity index (χ0n) is 17.8. The molecule has 3 aromatic rings. The molecule has 2 aliphatic rings. The molecule has 178 valence electrons. The first-order valence-electron chi connectivity index (χ1n) is 10.6. The minimum atomic E-state index is -3.67. The van der Waals surface area contributed by atoms with Crippen molar-refractivity contribution in [1.82, 2.24) is 4.72 Å². The molecule has 34 heavy (non-hydrogen) atoms. The largest absolute Gasteiger partial charge is 0.457 e.